The van der Waals surface area contributed by atoms with E-state index in [0.717, 1.165) is 25.0 Å². The molecule has 0 radical (unpaired) electrons. The molecular weight excluding hydrogens is 350 g/mol. The van der Waals surface area contributed by atoms with Gasteiger partial charge in [-0.1, -0.05) is 68.8 Å². The summed E-state index contributed by atoms with van der Waals surface area (Å²) in [6.45, 7) is 4.16. The summed E-state index contributed by atoms with van der Waals surface area (Å²) in [5.74, 6) is 1.24. The summed E-state index contributed by atoms with van der Waals surface area (Å²) in [4.78, 5) is 0. The molecule has 0 aliphatic heterocycles. The van der Waals surface area contributed by atoms with E-state index < -0.39 is 10.8 Å². The average molecular weight is 386 g/mol. The Bertz CT molecular complexity index is 714. The Hall–Kier alpha value is -1.45. The molecule has 0 heterocycles. The Morgan fingerprint density at radius 2 is 1.78 bits per heavy atom. The zero-order valence-corrected chi connectivity index (χ0v) is 17.9. The molecule has 3 unspecified atom stereocenters. The standard InChI is InChI=1S/C21H27N.C3H8OS/c1-2-3-7-17-10-11-18-12-13-21(22)20(19(18)14-17)15-16-8-5-4-6-9-16;1-3-5(2)4/h4-6,8-11,14,20-21H,2-3,7,12-13,15,22H2,1H3;3H2,1-2H3. The van der Waals surface area contributed by atoms with Crippen molar-refractivity contribution in [2.45, 2.75) is 64.3 Å². The molecule has 1 aliphatic rings. The Morgan fingerprint density at radius 1 is 1.07 bits per heavy atom. The van der Waals surface area contributed by atoms with Crippen LogP contribution in [0.1, 0.15) is 61.3 Å². The van der Waals surface area contributed by atoms with Crippen molar-refractivity contribution in [3.05, 3.63) is 70.8 Å². The largest absolute Gasteiger partial charge is 0.327 e. The molecule has 0 aromatic heterocycles. The lowest BCUT2D eigenvalue weighted by Gasteiger charge is -2.32. The van der Waals surface area contributed by atoms with Crippen LogP contribution in [0.4, 0.5) is 0 Å². The lowest BCUT2D eigenvalue weighted by atomic mass is 9.76. The van der Waals surface area contributed by atoms with Crippen molar-refractivity contribution in [3.63, 3.8) is 0 Å². The van der Waals surface area contributed by atoms with Gasteiger partial charge < -0.3 is 5.73 Å². The number of unbranched alkanes of at least 4 members (excludes halogenated alkanes) is 1. The molecule has 0 bridgehead atoms. The predicted molar refractivity (Wildman–Crippen MR) is 119 cm³/mol. The van der Waals surface area contributed by atoms with E-state index in [1.165, 1.54) is 41.5 Å². The first-order chi connectivity index (χ1) is 13.0. The van der Waals surface area contributed by atoms with Crippen LogP contribution < -0.4 is 5.73 Å². The third kappa shape index (κ3) is 6.90. The maximum absolute atomic E-state index is 9.92. The first-order valence-corrected chi connectivity index (χ1v) is 12.0. The van der Waals surface area contributed by atoms with Gasteiger partial charge in [0.05, 0.1) is 0 Å². The van der Waals surface area contributed by atoms with Crippen molar-refractivity contribution >= 4 is 10.8 Å². The summed E-state index contributed by atoms with van der Waals surface area (Å²) in [5, 5.41) is 0. The molecule has 2 aromatic rings. The summed E-state index contributed by atoms with van der Waals surface area (Å²) < 4.78 is 9.92. The molecule has 27 heavy (non-hydrogen) atoms. The van der Waals surface area contributed by atoms with Crippen LogP contribution in [0.5, 0.6) is 0 Å². The molecule has 3 rings (SSSR count). The Morgan fingerprint density at radius 3 is 2.41 bits per heavy atom. The van der Waals surface area contributed by atoms with Gasteiger partial charge in [-0.15, -0.1) is 0 Å². The number of fused-ring (bicyclic) bond motifs is 1. The van der Waals surface area contributed by atoms with Gasteiger partial charge in [0, 0.05) is 34.8 Å². The van der Waals surface area contributed by atoms with Crippen LogP contribution in [-0.2, 0) is 30.1 Å². The topological polar surface area (TPSA) is 43.1 Å². The van der Waals surface area contributed by atoms with Crippen LogP contribution in [0.25, 0.3) is 0 Å². The summed E-state index contributed by atoms with van der Waals surface area (Å²) in [6, 6.07) is 18.2. The number of benzene rings is 2. The highest BCUT2D eigenvalue weighted by Gasteiger charge is 2.27. The highest BCUT2D eigenvalue weighted by Crippen LogP contribution is 2.34. The van der Waals surface area contributed by atoms with Crippen molar-refractivity contribution in [1.29, 1.82) is 0 Å². The van der Waals surface area contributed by atoms with E-state index in [2.05, 4.69) is 55.5 Å². The van der Waals surface area contributed by atoms with Gasteiger partial charge in [-0.05, 0) is 54.4 Å². The van der Waals surface area contributed by atoms with E-state index in [1.807, 2.05) is 6.92 Å². The molecule has 0 saturated carbocycles. The second-order valence-corrected chi connectivity index (χ2v) is 9.22. The molecule has 2 N–H and O–H groups in total. The lowest BCUT2D eigenvalue weighted by Crippen LogP contribution is -2.34. The Labute approximate surface area is 168 Å². The van der Waals surface area contributed by atoms with Crippen molar-refractivity contribution in [2.75, 3.05) is 12.0 Å². The molecule has 2 nitrogen and oxygen atoms in total. The van der Waals surface area contributed by atoms with Crippen molar-refractivity contribution in [2.24, 2.45) is 5.73 Å². The smallest absolute Gasteiger partial charge is 0.0203 e. The van der Waals surface area contributed by atoms with Gasteiger partial charge in [-0.25, -0.2) is 0 Å². The fourth-order valence-corrected chi connectivity index (χ4v) is 3.64. The number of nitrogens with two attached hydrogens (primary N) is 1. The molecule has 3 heteroatoms. The van der Waals surface area contributed by atoms with Gasteiger partial charge in [0.25, 0.3) is 0 Å². The van der Waals surface area contributed by atoms with Crippen LogP contribution in [0.2, 0.25) is 0 Å². The van der Waals surface area contributed by atoms with Crippen molar-refractivity contribution in [1.82, 2.24) is 0 Å². The zero-order valence-electron chi connectivity index (χ0n) is 17.1. The van der Waals surface area contributed by atoms with Crippen molar-refractivity contribution < 1.29 is 4.21 Å². The summed E-state index contributed by atoms with van der Waals surface area (Å²) in [5.41, 5.74) is 12.4. The number of aryl methyl sites for hydroxylation is 2. The Balaban J connectivity index is 0.000000465. The third-order valence-electron chi connectivity index (χ3n) is 5.40. The molecule has 2 aromatic carbocycles. The van der Waals surface area contributed by atoms with Gasteiger partial charge >= 0.3 is 0 Å². The average Bonchev–Trinajstić information content (AvgIpc) is 2.69. The van der Waals surface area contributed by atoms with E-state index in [9.17, 15) is 4.21 Å². The van der Waals surface area contributed by atoms with E-state index in [0.29, 0.717) is 5.92 Å². The second kappa shape index (κ2) is 11.4. The van der Waals surface area contributed by atoms with Crippen LogP contribution in [0.15, 0.2) is 48.5 Å². The number of rotatable bonds is 6. The SMILES string of the molecule is CCCCc1ccc2c(c1)C(Cc1ccccc1)C(N)CC2.CCS(C)=O. The zero-order chi connectivity index (χ0) is 19.6. The quantitative estimate of drug-likeness (QED) is 0.759. The van der Waals surface area contributed by atoms with Crippen LogP contribution >= 0.6 is 0 Å². The predicted octanol–water partition coefficient (Wildman–Crippen LogP) is 5.01. The molecule has 0 fully saturated rings. The molecule has 0 amide bonds. The second-order valence-electron chi connectivity index (χ2n) is 7.50. The summed E-state index contributed by atoms with van der Waals surface area (Å²) in [6.07, 6.45) is 8.72. The first-order valence-electron chi connectivity index (χ1n) is 10.3. The van der Waals surface area contributed by atoms with Crippen LogP contribution in [0.3, 0.4) is 0 Å². The minimum Gasteiger partial charge on any atom is -0.327 e. The van der Waals surface area contributed by atoms with Gasteiger partial charge in [0.1, 0.15) is 0 Å². The maximum Gasteiger partial charge on any atom is 0.0203 e. The molecule has 0 spiro atoms. The first kappa shape index (κ1) is 21.8. The van der Waals surface area contributed by atoms with E-state index in [1.54, 1.807) is 6.26 Å². The number of hydrogen-bond acceptors (Lipinski definition) is 2. The van der Waals surface area contributed by atoms with Crippen LogP contribution in [0, 0.1) is 0 Å². The highest BCUT2D eigenvalue weighted by atomic mass is 32.2. The van der Waals surface area contributed by atoms with Gasteiger partial charge in [0.15, 0.2) is 0 Å². The normalized spacial score (nSPS) is 19.6. The minimum absolute atomic E-state index is 0.286. The minimum atomic E-state index is -0.573. The molecular formula is C24H35NOS. The summed E-state index contributed by atoms with van der Waals surface area (Å²) in [7, 11) is -0.573. The fraction of sp³-hybridized carbons (Fsp3) is 0.500. The van der Waals surface area contributed by atoms with Gasteiger partial charge in [0.2, 0.25) is 0 Å². The fourth-order valence-electron chi connectivity index (χ4n) is 3.64. The van der Waals surface area contributed by atoms with E-state index >= 15 is 0 Å². The van der Waals surface area contributed by atoms with Gasteiger partial charge in [-0.2, -0.15) is 0 Å². The highest BCUT2D eigenvalue weighted by molar-refractivity contribution is 7.84. The summed E-state index contributed by atoms with van der Waals surface area (Å²) >= 11 is 0. The van der Waals surface area contributed by atoms with Crippen molar-refractivity contribution in [3.8, 4) is 0 Å². The Kier molecular flexibility index (Phi) is 9.23. The maximum atomic E-state index is 9.92. The lowest BCUT2D eigenvalue weighted by molar-refractivity contribution is 0.467. The van der Waals surface area contributed by atoms with E-state index in [4.69, 9.17) is 5.73 Å². The molecule has 1 aliphatic carbocycles. The van der Waals surface area contributed by atoms with E-state index in [-0.39, 0.29) is 6.04 Å². The molecule has 0 saturated heterocycles. The molecule has 3 atom stereocenters. The van der Waals surface area contributed by atoms with Gasteiger partial charge in [-0.3, -0.25) is 4.21 Å². The number of hydrogen-bond donors (Lipinski definition) is 1. The molecule has 148 valence electrons. The van der Waals surface area contributed by atoms with Crippen LogP contribution in [-0.4, -0.2) is 22.3 Å². The monoisotopic (exact) mass is 385 g/mol. The third-order valence-corrected chi connectivity index (χ3v) is 6.21.